The first-order chi connectivity index (χ1) is 13.4. The van der Waals surface area contributed by atoms with Crippen LogP contribution in [0.5, 0.6) is 0 Å². The van der Waals surface area contributed by atoms with Crippen LogP contribution in [0, 0.1) is 13.8 Å². The molecule has 0 amide bonds. The summed E-state index contributed by atoms with van der Waals surface area (Å²) in [7, 11) is 1.86. The molecule has 7 heteroatoms. The van der Waals surface area contributed by atoms with Crippen molar-refractivity contribution in [2.75, 3.05) is 0 Å². The Balaban J connectivity index is 1.96. The van der Waals surface area contributed by atoms with Gasteiger partial charge in [-0.1, -0.05) is 17.3 Å². The highest BCUT2D eigenvalue weighted by molar-refractivity contribution is 7.17. The highest BCUT2D eigenvalue weighted by Crippen LogP contribution is 2.37. The molecule has 2 N–H and O–H groups in total. The summed E-state index contributed by atoms with van der Waals surface area (Å²) in [5.41, 5.74) is 6.36. The van der Waals surface area contributed by atoms with Crippen molar-refractivity contribution in [1.29, 1.82) is 0 Å². The summed E-state index contributed by atoms with van der Waals surface area (Å²) in [4.78, 5) is 11.7. The first-order valence-corrected chi connectivity index (χ1v) is 9.90. The predicted octanol–water partition coefficient (Wildman–Crippen LogP) is 3.90. The number of hydrogen-bond acceptors (Lipinski definition) is 5. The van der Waals surface area contributed by atoms with Crippen molar-refractivity contribution in [3.8, 4) is 0 Å². The lowest BCUT2D eigenvalue weighted by molar-refractivity contribution is -0.137. The largest absolute Gasteiger partial charge is 0.481 e. The summed E-state index contributed by atoms with van der Waals surface area (Å²) in [6.07, 6.45) is -0.0352. The molecule has 1 atom stereocenters. The number of aliphatic carboxylic acids is 1. The number of fused-ring (bicyclic) bond motifs is 2. The van der Waals surface area contributed by atoms with E-state index < -0.39 is 5.97 Å². The van der Waals surface area contributed by atoms with Crippen LogP contribution >= 0.6 is 11.3 Å². The first-order valence-electron chi connectivity index (χ1n) is 9.02. The lowest BCUT2D eigenvalue weighted by Crippen LogP contribution is -2.11. The van der Waals surface area contributed by atoms with Gasteiger partial charge in [0.2, 0.25) is 0 Å². The van der Waals surface area contributed by atoms with E-state index in [1.165, 1.54) is 0 Å². The van der Waals surface area contributed by atoms with E-state index in [4.69, 9.17) is 0 Å². The Morgan fingerprint density at radius 2 is 2.07 bits per heavy atom. The summed E-state index contributed by atoms with van der Waals surface area (Å²) in [6, 6.07) is 8.02. The van der Waals surface area contributed by atoms with Crippen LogP contribution in [-0.4, -0.2) is 31.2 Å². The zero-order valence-electron chi connectivity index (χ0n) is 15.9. The molecule has 0 saturated heterocycles. The van der Waals surface area contributed by atoms with E-state index in [9.17, 15) is 15.0 Å². The quantitative estimate of drug-likeness (QED) is 0.535. The third-order valence-electron chi connectivity index (χ3n) is 5.34. The minimum atomic E-state index is -0.864. The number of aliphatic hydroxyl groups excluding tert-OH is 1. The monoisotopic (exact) mass is 395 g/mol. The topological polar surface area (TPSA) is 88.2 Å². The van der Waals surface area contributed by atoms with Gasteiger partial charge in [-0.3, -0.25) is 4.79 Å². The van der Waals surface area contributed by atoms with E-state index in [1.54, 1.807) is 16.0 Å². The van der Waals surface area contributed by atoms with Crippen molar-refractivity contribution in [2.45, 2.75) is 32.8 Å². The maximum absolute atomic E-state index is 11.7. The SMILES string of the molecule is Cc1c(C(CC(=O)O)c2cc(CO)c3sccc3c2)cc(C)c2c1nnn2C. The number of thiophene rings is 1. The number of nitrogens with zero attached hydrogens (tertiary/aromatic N) is 3. The zero-order valence-corrected chi connectivity index (χ0v) is 16.7. The van der Waals surface area contributed by atoms with E-state index in [-0.39, 0.29) is 18.9 Å². The summed E-state index contributed by atoms with van der Waals surface area (Å²) in [6.45, 7) is 3.89. The van der Waals surface area contributed by atoms with Gasteiger partial charge in [0.05, 0.1) is 18.5 Å². The number of benzene rings is 2. The van der Waals surface area contributed by atoms with Gasteiger partial charge in [0.15, 0.2) is 0 Å². The van der Waals surface area contributed by atoms with Crippen molar-refractivity contribution < 1.29 is 15.0 Å². The molecule has 4 rings (SSSR count). The molecule has 6 nitrogen and oxygen atoms in total. The van der Waals surface area contributed by atoms with Crippen molar-refractivity contribution in [3.63, 3.8) is 0 Å². The molecule has 0 bridgehead atoms. The molecule has 1 unspecified atom stereocenters. The van der Waals surface area contributed by atoms with Crippen LogP contribution in [-0.2, 0) is 18.4 Å². The van der Waals surface area contributed by atoms with Gasteiger partial charge in [-0.2, -0.15) is 0 Å². The van der Waals surface area contributed by atoms with Gasteiger partial charge in [-0.15, -0.1) is 16.4 Å². The normalized spacial score (nSPS) is 12.7. The van der Waals surface area contributed by atoms with Gasteiger partial charge in [-0.05, 0) is 64.6 Å². The number of carbonyl (C=O) groups is 1. The third kappa shape index (κ3) is 2.96. The molecule has 0 radical (unpaired) electrons. The lowest BCUT2D eigenvalue weighted by atomic mass is 9.83. The summed E-state index contributed by atoms with van der Waals surface area (Å²) >= 11 is 1.58. The average molecular weight is 395 g/mol. The molecular weight excluding hydrogens is 374 g/mol. The Morgan fingerprint density at radius 1 is 1.29 bits per heavy atom. The van der Waals surface area contributed by atoms with Gasteiger partial charge in [0.1, 0.15) is 5.52 Å². The molecule has 144 valence electrons. The Kier molecular flexibility index (Phi) is 4.64. The lowest BCUT2D eigenvalue weighted by Gasteiger charge is -2.21. The Morgan fingerprint density at radius 3 is 2.79 bits per heavy atom. The first kappa shape index (κ1) is 18.6. The maximum Gasteiger partial charge on any atom is 0.304 e. The van der Waals surface area contributed by atoms with E-state index in [1.807, 2.05) is 50.5 Å². The van der Waals surface area contributed by atoms with Crippen LogP contribution in [0.2, 0.25) is 0 Å². The molecule has 2 heterocycles. The molecule has 0 fully saturated rings. The van der Waals surface area contributed by atoms with E-state index >= 15 is 0 Å². The second-order valence-corrected chi connectivity index (χ2v) is 8.06. The van der Waals surface area contributed by atoms with Gasteiger partial charge < -0.3 is 10.2 Å². The van der Waals surface area contributed by atoms with E-state index in [0.29, 0.717) is 0 Å². The van der Waals surface area contributed by atoms with E-state index in [0.717, 1.165) is 48.9 Å². The fraction of sp³-hybridized carbons (Fsp3) is 0.286. The fourth-order valence-corrected chi connectivity index (χ4v) is 4.93. The number of aryl methyl sites for hydroxylation is 3. The highest BCUT2D eigenvalue weighted by Gasteiger charge is 2.24. The molecule has 2 aromatic heterocycles. The fourth-order valence-electron chi connectivity index (χ4n) is 4.04. The molecule has 0 saturated carbocycles. The van der Waals surface area contributed by atoms with Crippen LogP contribution in [0.3, 0.4) is 0 Å². The predicted molar refractivity (Wildman–Crippen MR) is 110 cm³/mol. The summed E-state index contributed by atoms with van der Waals surface area (Å²) in [5, 5.41) is 30.9. The van der Waals surface area contributed by atoms with Crippen molar-refractivity contribution in [2.24, 2.45) is 7.05 Å². The molecule has 0 spiro atoms. The van der Waals surface area contributed by atoms with Crippen LogP contribution in [0.25, 0.3) is 21.1 Å². The van der Waals surface area contributed by atoms with Crippen LogP contribution in [0.4, 0.5) is 0 Å². The Bertz CT molecular complexity index is 1210. The molecule has 2 aromatic carbocycles. The number of aliphatic hydroxyl groups is 1. The van der Waals surface area contributed by atoms with Crippen molar-refractivity contribution >= 4 is 38.4 Å². The molecule has 0 aliphatic rings. The maximum atomic E-state index is 11.7. The standard InChI is InChI=1S/C21H21N3O3S/c1-11-6-16(12(2)19-20(11)24(3)23-22-19)17(9-18(26)27)14-7-13-4-5-28-21(13)15(8-14)10-25/h4-8,17,25H,9-10H2,1-3H3,(H,26,27). The minimum Gasteiger partial charge on any atom is -0.481 e. The Hall–Kier alpha value is -2.77. The van der Waals surface area contributed by atoms with Crippen LogP contribution in [0.15, 0.2) is 29.6 Å². The Labute approximate surface area is 166 Å². The van der Waals surface area contributed by atoms with E-state index in [2.05, 4.69) is 10.3 Å². The number of aromatic nitrogens is 3. The molecular formula is C21H21N3O3S. The van der Waals surface area contributed by atoms with Gasteiger partial charge in [0.25, 0.3) is 0 Å². The van der Waals surface area contributed by atoms with Crippen molar-refractivity contribution in [3.05, 3.63) is 57.5 Å². The number of hydrogen-bond donors (Lipinski definition) is 2. The highest BCUT2D eigenvalue weighted by atomic mass is 32.1. The number of carboxylic acid groups (broad SMARTS) is 1. The number of carboxylic acids is 1. The summed E-state index contributed by atoms with van der Waals surface area (Å²) < 4.78 is 2.78. The van der Waals surface area contributed by atoms with Crippen LogP contribution < -0.4 is 0 Å². The minimum absolute atomic E-state index is 0.0352. The van der Waals surface area contributed by atoms with Gasteiger partial charge in [-0.25, -0.2) is 4.68 Å². The molecule has 0 aliphatic carbocycles. The van der Waals surface area contributed by atoms with Gasteiger partial charge in [0, 0.05) is 17.7 Å². The summed E-state index contributed by atoms with van der Waals surface area (Å²) in [5.74, 6) is -1.20. The smallest absolute Gasteiger partial charge is 0.304 e. The third-order valence-corrected chi connectivity index (χ3v) is 6.34. The molecule has 0 aliphatic heterocycles. The second-order valence-electron chi connectivity index (χ2n) is 7.15. The average Bonchev–Trinajstić information content (AvgIpc) is 3.28. The van der Waals surface area contributed by atoms with Crippen LogP contribution in [0.1, 0.15) is 40.2 Å². The van der Waals surface area contributed by atoms with Gasteiger partial charge >= 0.3 is 5.97 Å². The molecule has 4 aromatic rings. The second kappa shape index (κ2) is 7.00. The molecule has 28 heavy (non-hydrogen) atoms. The number of rotatable bonds is 5. The zero-order chi connectivity index (χ0) is 20.0. The van der Waals surface area contributed by atoms with Crippen molar-refractivity contribution in [1.82, 2.24) is 15.0 Å².